The largest absolute Gasteiger partial charge is 0.464 e. The lowest BCUT2D eigenvalue weighted by molar-refractivity contribution is 0.238. The van der Waals surface area contributed by atoms with Gasteiger partial charge in [-0.05, 0) is 30.4 Å². The number of carbonyl (C=O) groups excluding carboxylic acids is 1. The standard InChI is InChI=1S/C18H26N4O2/c1-12(2)11-22-7-6-19-17(22)10-21-18(23)20-9-14-4-5-16(24-14)15-8-13(15)3/h4-7,12-13,15H,8-11H2,1-3H3,(H2,20,21,23)/t13-,15+/m1/s1. The van der Waals surface area contributed by atoms with Crippen LogP contribution < -0.4 is 10.6 Å². The number of nitrogens with zero attached hydrogens (tertiary/aromatic N) is 2. The van der Waals surface area contributed by atoms with Crippen LogP contribution in [0.5, 0.6) is 0 Å². The number of rotatable bonds is 7. The van der Waals surface area contributed by atoms with E-state index in [1.54, 1.807) is 6.20 Å². The second-order valence-electron chi connectivity index (χ2n) is 7.05. The first kappa shape index (κ1) is 16.6. The first-order valence-electron chi connectivity index (χ1n) is 8.63. The van der Waals surface area contributed by atoms with Gasteiger partial charge in [-0.3, -0.25) is 0 Å². The van der Waals surface area contributed by atoms with Crippen molar-refractivity contribution >= 4 is 6.03 Å². The molecule has 130 valence electrons. The van der Waals surface area contributed by atoms with E-state index in [4.69, 9.17) is 4.42 Å². The Hall–Kier alpha value is -2.24. The normalized spacial score (nSPS) is 19.5. The molecule has 2 N–H and O–H groups in total. The average molecular weight is 330 g/mol. The van der Waals surface area contributed by atoms with Gasteiger partial charge in [0.05, 0.1) is 13.1 Å². The molecule has 1 aliphatic carbocycles. The molecule has 0 aliphatic heterocycles. The molecule has 1 saturated carbocycles. The highest BCUT2D eigenvalue weighted by molar-refractivity contribution is 5.73. The number of aromatic nitrogens is 2. The van der Waals surface area contributed by atoms with Crippen molar-refractivity contribution in [3.05, 3.63) is 41.9 Å². The van der Waals surface area contributed by atoms with E-state index in [1.807, 2.05) is 18.3 Å². The van der Waals surface area contributed by atoms with Gasteiger partial charge in [-0.1, -0.05) is 20.8 Å². The fourth-order valence-electron chi connectivity index (χ4n) is 2.86. The molecular formula is C18H26N4O2. The van der Waals surface area contributed by atoms with Gasteiger partial charge < -0.3 is 19.6 Å². The molecule has 24 heavy (non-hydrogen) atoms. The summed E-state index contributed by atoms with van der Waals surface area (Å²) in [4.78, 5) is 16.2. The zero-order valence-electron chi connectivity index (χ0n) is 14.6. The molecule has 2 amide bonds. The molecule has 0 saturated heterocycles. The topological polar surface area (TPSA) is 72.1 Å². The number of urea groups is 1. The predicted octanol–water partition coefficient (Wildman–Crippen LogP) is 3.25. The van der Waals surface area contributed by atoms with E-state index in [2.05, 4.69) is 41.0 Å². The fraction of sp³-hybridized carbons (Fsp3) is 0.556. The van der Waals surface area contributed by atoms with Crippen LogP contribution in [0.3, 0.4) is 0 Å². The number of furan rings is 1. The van der Waals surface area contributed by atoms with Crippen LogP contribution in [0.25, 0.3) is 0 Å². The van der Waals surface area contributed by atoms with Gasteiger partial charge in [0.2, 0.25) is 0 Å². The summed E-state index contributed by atoms with van der Waals surface area (Å²) >= 11 is 0. The maximum absolute atomic E-state index is 11.9. The summed E-state index contributed by atoms with van der Waals surface area (Å²) < 4.78 is 7.85. The predicted molar refractivity (Wildman–Crippen MR) is 91.4 cm³/mol. The van der Waals surface area contributed by atoms with Crippen LogP contribution in [-0.2, 0) is 19.6 Å². The maximum atomic E-state index is 11.9. The van der Waals surface area contributed by atoms with Crippen LogP contribution >= 0.6 is 0 Å². The number of hydrogen-bond acceptors (Lipinski definition) is 3. The highest BCUT2D eigenvalue weighted by atomic mass is 16.3. The minimum absolute atomic E-state index is 0.216. The van der Waals surface area contributed by atoms with E-state index in [-0.39, 0.29) is 6.03 Å². The Morgan fingerprint density at radius 3 is 2.83 bits per heavy atom. The van der Waals surface area contributed by atoms with Gasteiger partial charge in [-0.25, -0.2) is 9.78 Å². The Morgan fingerprint density at radius 2 is 2.12 bits per heavy atom. The number of amides is 2. The highest BCUT2D eigenvalue weighted by Crippen LogP contribution is 2.47. The van der Waals surface area contributed by atoms with Crippen molar-refractivity contribution in [2.24, 2.45) is 11.8 Å². The zero-order valence-corrected chi connectivity index (χ0v) is 14.6. The van der Waals surface area contributed by atoms with Gasteiger partial charge in [-0.2, -0.15) is 0 Å². The van der Waals surface area contributed by atoms with Crippen molar-refractivity contribution in [3.8, 4) is 0 Å². The summed E-state index contributed by atoms with van der Waals surface area (Å²) in [6.07, 6.45) is 4.91. The zero-order chi connectivity index (χ0) is 17.1. The van der Waals surface area contributed by atoms with Crippen molar-refractivity contribution in [3.63, 3.8) is 0 Å². The van der Waals surface area contributed by atoms with Crippen LogP contribution in [-0.4, -0.2) is 15.6 Å². The number of imidazole rings is 1. The number of carbonyl (C=O) groups is 1. The average Bonchev–Trinajstić information content (AvgIpc) is 2.94. The van der Waals surface area contributed by atoms with Crippen molar-refractivity contribution in [1.29, 1.82) is 0 Å². The molecule has 2 heterocycles. The van der Waals surface area contributed by atoms with Crippen molar-refractivity contribution in [2.75, 3.05) is 0 Å². The van der Waals surface area contributed by atoms with Gasteiger partial charge >= 0.3 is 6.03 Å². The summed E-state index contributed by atoms with van der Waals surface area (Å²) in [5, 5.41) is 5.67. The van der Waals surface area contributed by atoms with Crippen LogP contribution in [0.2, 0.25) is 0 Å². The summed E-state index contributed by atoms with van der Waals surface area (Å²) in [6, 6.07) is 3.74. The summed E-state index contributed by atoms with van der Waals surface area (Å²) in [5.74, 6) is 4.51. The van der Waals surface area contributed by atoms with Crippen LogP contribution in [0, 0.1) is 11.8 Å². The number of hydrogen-bond donors (Lipinski definition) is 2. The molecule has 6 nitrogen and oxygen atoms in total. The van der Waals surface area contributed by atoms with Crippen LogP contribution in [0.1, 0.15) is 50.5 Å². The summed E-state index contributed by atoms with van der Waals surface area (Å²) in [7, 11) is 0. The van der Waals surface area contributed by atoms with Crippen molar-refractivity contribution in [1.82, 2.24) is 20.2 Å². The molecule has 0 spiro atoms. The minimum atomic E-state index is -0.216. The Labute approximate surface area is 142 Å². The van der Waals surface area contributed by atoms with Gasteiger partial charge in [0.15, 0.2) is 0 Å². The quantitative estimate of drug-likeness (QED) is 0.818. The third kappa shape index (κ3) is 4.19. The highest BCUT2D eigenvalue weighted by Gasteiger charge is 2.36. The summed E-state index contributed by atoms with van der Waals surface area (Å²) in [6.45, 7) is 8.24. The molecule has 3 rings (SSSR count). The Bertz CT molecular complexity index is 689. The molecule has 0 bridgehead atoms. The summed E-state index contributed by atoms with van der Waals surface area (Å²) in [5.41, 5.74) is 0. The van der Waals surface area contributed by atoms with Crippen molar-refractivity contribution < 1.29 is 9.21 Å². The van der Waals surface area contributed by atoms with E-state index in [0.717, 1.165) is 29.8 Å². The Balaban J connectivity index is 1.43. The maximum Gasteiger partial charge on any atom is 0.315 e. The molecule has 6 heteroatoms. The first-order valence-corrected chi connectivity index (χ1v) is 8.63. The molecule has 2 aromatic heterocycles. The lowest BCUT2D eigenvalue weighted by Gasteiger charge is -2.11. The Kier molecular flexibility index (Phi) is 4.92. The van der Waals surface area contributed by atoms with Gasteiger partial charge in [-0.15, -0.1) is 0 Å². The van der Waals surface area contributed by atoms with E-state index in [0.29, 0.717) is 24.9 Å². The fourth-order valence-corrected chi connectivity index (χ4v) is 2.86. The molecule has 2 aromatic rings. The molecule has 1 fully saturated rings. The van der Waals surface area contributed by atoms with Crippen LogP contribution in [0.15, 0.2) is 28.9 Å². The molecule has 0 unspecified atom stereocenters. The lowest BCUT2D eigenvalue weighted by atomic mass is 10.2. The second kappa shape index (κ2) is 7.11. The lowest BCUT2D eigenvalue weighted by Crippen LogP contribution is -2.35. The van der Waals surface area contributed by atoms with E-state index in [9.17, 15) is 4.79 Å². The van der Waals surface area contributed by atoms with E-state index >= 15 is 0 Å². The SMILES string of the molecule is CC(C)Cn1ccnc1CNC(=O)NCc1ccc([C@H]2C[C@H]2C)o1. The third-order valence-corrected chi connectivity index (χ3v) is 4.35. The van der Waals surface area contributed by atoms with Gasteiger partial charge in [0.1, 0.15) is 17.3 Å². The molecule has 1 aliphatic rings. The second-order valence-corrected chi connectivity index (χ2v) is 7.05. The van der Waals surface area contributed by atoms with E-state index in [1.165, 1.54) is 6.42 Å². The molecule has 0 aromatic carbocycles. The Morgan fingerprint density at radius 1 is 1.38 bits per heavy atom. The van der Waals surface area contributed by atoms with Crippen molar-refractivity contribution in [2.45, 2.75) is 52.7 Å². The van der Waals surface area contributed by atoms with E-state index < -0.39 is 0 Å². The van der Waals surface area contributed by atoms with Crippen LogP contribution in [0.4, 0.5) is 4.79 Å². The monoisotopic (exact) mass is 330 g/mol. The smallest absolute Gasteiger partial charge is 0.315 e. The third-order valence-electron chi connectivity index (χ3n) is 4.35. The van der Waals surface area contributed by atoms with Gasteiger partial charge in [0, 0.05) is 24.9 Å². The molecule has 0 radical (unpaired) electrons. The molecule has 2 atom stereocenters. The number of nitrogens with one attached hydrogen (secondary N) is 2. The molecular weight excluding hydrogens is 304 g/mol. The van der Waals surface area contributed by atoms with Gasteiger partial charge in [0.25, 0.3) is 0 Å². The first-order chi connectivity index (χ1) is 11.5. The minimum Gasteiger partial charge on any atom is -0.464 e.